The third-order valence-electron chi connectivity index (χ3n) is 5.96. The second-order valence-electron chi connectivity index (χ2n) is 7.88. The van der Waals surface area contributed by atoms with E-state index in [2.05, 4.69) is 37.5 Å². The van der Waals surface area contributed by atoms with E-state index in [0.29, 0.717) is 12.5 Å². The Bertz CT molecular complexity index is 1210. The van der Waals surface area contributed by atoms with Crippen molar-refractivity contribution in [1.29, 1.82) is 0 Å². The number of para-hydroxylation sites is 1. The van der Waals surface area contributed by atoms with Gasteiger partial charge in [0.2, 0.25) is 0 Å². The fourth-order valence-corrected chi connectivity index (χ4v) is 4.19. The van der Waals surface area contributed by atoms with Crippen molar-refractivity contribution in [3.63, 3.8) is 0 Å². The van der Waals surface area contributed by atoms with Gasteiger partial charge in [0.15, 0.2) is 5.75 Å². The third kappa shape index (κ3) is 2.87. The molecule has 0 spiro atoms. The Morgan fingerprint density at radius 3 is 2.97 bits per heavy atom. The Balaban J connectivity index is 1.42. The third-order valence-corrected chi connectivity index (χ3v) is 5.96. The molecular formula is C22H22N6O2. The molecule has 2 atom stereocenters. The predicted octanol–water partition coefficient (Wildman–Crippen LogP) is 3.83. The summed E-state index contributed by atoms with van der Waals surface area (Å²) in [7, 11) is 1.64. The minimum Gasteiger partial charge on any atom is -0.493 e. The van der Waals surface area contributed by atoms with Crippen LogP contribution < -0.4 is 14.8 Å². The first kappa shape index (κ1) is 17.3. The molecule has 3 aromatic heterocycles. The topological polar surface area (TPSA) is 89.9 Å². The van der Waals surface area contributed by atoms with E-state index in [1.165, 1.54) is 18.5 Å². The second kappa shape index (κ2) is 6.76. The fraction of sp³-hybridized carbons (Fsp3) is 0.318. The number of anilines is 1. The Morgan fingerprint density at radius 2 is 2.13 bits per heavy atom. The van der Waals surface area contributed by atoms with E-state index in [0.717, 1.165) is 33.9 Å². The number of methoxy groups -OCH3 is 1. The molecule has 1 fully saturated rings. The van der Waals surface area contributed by atoms with E-state index < -0.39 is 0 Å². The van der Waals surface area contributed by atoms with Crippen molar-refractivity contribution in [3.8, 4) is 11.5 Å². The van der Waals surface area contributed by atoms with Gasteiger partial charge in [-0.25, -0.2) is 9.97 Å². The van der Waals surface area contributed by atoms with E-state index in [1.807, 2.05) is 29.1 Å². The van der Waals surface area contributed by atoms with Crippen LogP contribution in [0.25, 0.3) is 11.0 Å². The maximum absolute atomic E-state index is 6.05. The molecule has 0 bridgehead atoms. The van der Waals surface area contributed by atoms with Crippen LogP contribution in [0.1, 0.15) is 42.1 Å². The number of hydrogen-bond donors (Lipinski definition) is 2. The highest BCUT2D eigenvalue weighted by Crippen LogP contribution is 2.43. The highest BCUT2D eigenvalue weighted by Gasteiger charge is 2.34. The molecule has 0 amide bonds. The van der Waals surface area contributed by atoms with Crippen molar-refractivity contribution in [1.82, 2.24) is 24.7 Å². The van der Waals surface area contributed by atoms with Crippen LogP contribution in [0, 0.1) is 0 Å². The van der Waals surface area contributed by atoms with Crippen LogP contribution in [-0.2, 0) is 0 Å². The van der Waals surface area contributed by atoms with E-state index in [-0.39, 0.29) is 12.1 Å². The van der Waals surface area contributed by atoms with Crippen molar-refractivity contribution in [2.75, 3.05) is 19.0 Å². The smallest absolute Gasteiger partial charge is 0.156 e. The number of aromatic amines is 1. The number of aromatic nitrogens is 5. The van der Waals surface area contributed by atoms with Gasteiger partial charge in [0.1, 0.15) is 36.2 Å². The number of benzene rings is 1. The van der Waals surface area contributed by atoms with Crippen LogP contribution in [0.4, 0.5) is 5.82 Å². The number of nitrogens with one attached hydrogen (secondary N) is 2. The first-order chi connectivity index (χ1) is 14.8. The molecule has 1 aromatic carbocycles. The average molecular weight is 402 g/mol. The van der Waals surface area contributed by atoms with E-state index in [4.69, 9.17) is 9.47 Å². The lowest BCUT2D eigenvalue weighted by Gasteiger charge is -2.34. The molecule has 2 aliphatic rings. The quantitative estimate of drug-likeness (QED) is 0.527. The minimum atomic E-state index is -0.0723. The highest BCUT2D eigenvalue weighted by molar-refractivity contribution is 5.88. The zero-order chi connectivity index (χ0) is 20.1. The fourth-order valence-electron chi connectivity index (χ4n) is 4.19. The SMILES string of the molecule is COc1cnn([C@H]2COc3ccccc3[C@@H]2Nc2ncnc3[nH]c(C4CC4)cc23)c1. The minimum absolute atomic E-state index is 0.0596. The first-order valence-corrected chi connectivity index (χ1v) is 10.2. The zero-order valence-corrected chi connectivity index (χ0v) is 16.6. The van der Waals surface area contributed by atoms with E-state index >= 15 is 0 Å². The lowest BCUT2D eigenvalue weighted by Crippen LogP contribution is -2.33. The molecule has 6 rings (SSSR count). The van der Waals surface area contributed by atoms with Crippen molar-refractivity contribution >= 4 is 16.9 Å². The van der Waals surface area contributed by atoms with Crippen molar-refractivity contribution in [3.05, 3.63) is 60.3 Å². The lowest BCUT2D eigenvalue weighted by atomic mass is 9.96. The Hall–Kier alpha value is -3.55. The molecule has 8 nitrogen and oxygen atoms in total. The number of ether oxygens (including phenoxy) is 2. The summed E-state index contributed by atoms with van der Waals surface area (Å²) in [6.45, 7) is 0.494. The number of H-pyrrole nitrogens is 1. The molecular weight excluding hydrogens is 380 g/mol. The Labute approximate surface area is 173 Å². The second-order valence-corrected chi connectivity index (χ2v) is 7.88. The molecule has 1 saturated carbocycles. The van der Waals surface area contributed by atoms with Crippen molar-refractivity contribution in [2.24, 2.45) is 0 Å². The summed E-state index contributed by atoms with van der Waals surface area (Å²) in [6, 6.07) is 10.2. The summed E-state index contributed by atoms with van der Waals surface area (Å²) >= 11 is 0. The van der Waals surface area contributed by atoms with Crippen molar-refractivity contribution < 1.29 is 9.47 Å². The number of fused-ring (bicyclic) bond motifs is 2. The molecule has 2 N–H and O–H groups in total. The standard InChI is InChI=1S/C22H22N6O2/c1-29-14-9-25-28(10-14)18-11-30-19-5-3-2-4-15(19)20(18)27-22-16-8-17(13-6-7-13)26-21(16)23-12-24-22/h2-5,8-10,12-13,18,20H,6-7,11H2,1H3,(H2,23,24,26,27)/t18-,20-/m0/s1. The van der Waals surface area contributed by atoms with Crippen molar-refractivity contribution in [2.45, 2.75) is 30.8 Å². The van der Waals surface area contributed by atoms with Crippen LogP contribution in [0.15, 0.2) is 49.1 Å². The maximum Gasteiger partial charge on any atom is 0.156 e. The maximum atomic E-state index is 6.05. The average Bonchev–Trinajstić information content (AvgIpc) is 3.35. The Kier molecular flexibility index (Phi) is 3.90. The predicted molar refractivity (Wildman–Crippen MR) is 112 cm³/mol. The van der Waals surface area contributed by atoms with Gasteiger partial charge in [0, 0.05) is 11.3 Å². The van der Waals surface area contributed by atoms with Gasteiger partial charge in [0.25, 0.3) is 0 Å². The summed E-state index contributed by atoms with van der Waals surface area (Å²) in [5.41, 5.74) is 3.19. The summed E-state index contributed by atoms with van der Waals surface area (Å²) in [5.74, 6) is 3.04. The molecule has 4 heterocycles. The molecule has 0 radical (unpaired) electrons. The van der Waals surface area contributed by atoms with Gasteiger partial charge in [-0.3, -0.25) is 4.68 Å². The molecule has 1 aliphatic carbocycles. The monoisotopic (exact) mass is 402 g/mol. The molecule has 4 aromatic rings. The van der Waals surface area contributed by atoms with E-state index in [9.17, 15) is 0 Å². The van der Waals surface area contributed by atoms with Crippen LogP contribution >= 0.6 is 0 Å². The molecule has 1 aliphatic heterocycles. The normalized spacial score (nSPS) is 20.6. The van der Waals surface area contributed by atoms with Crippen LogP contribution in [0.5, 0.6) is 11.5 Å². The molecule has 30 heavy (non-hydrogen) atoms. The number of nitrogens with zero attached hydrogens (tertiary/aromatic N) is 4. The first-order valence-electron chi connectivity index (χ1n) is 10.2. The highest BCUT2D eigenvalue weighted by atomic mass is 16.5. The van der Waals surface area contributed by atoms with Gasteiger partial charge in [-0.1, -0.05) is 18.2 Å². The van der Waals surface area contributed by atoms with Gasteiger partial charge in [-0.15, -0.1) is 0 Å². The summed E-state index contributed by atoms with van der Waals surface area (Å²) < 4.78 is 13.3. The zero-order valence-electron chi connectivity index (χ0n) is 16.6. The molecule has 0 unspecified atom stereocenters. The van der Waals surface area contributed by atoms with Gasteiger partial charge >= 0.3 is 0 Å². The van der Waals surface area contributed by atoms with Crippen LogP contribution in [0.3, 0.4) is 0 Å². The molecule has 0 saturated heterocycles. The van der Waals surface area contributed by atoms with Gasteiger partial charge in [-0.05, 0) is 30.9 Å². The largest absolute Gasteiger partial charge is 0.493 e. The van der Waals surface area contributed by atoms with Crippen LogP contribution in [-0.4, -0.2) is 38.4 Å². The van der Waals surface area contributed by atoms with Gasteiger partial charge in [-0.2, -0.15) is 5.10 Å². The van der Waals surface area contributed by atoms with Gasteiger partial charge < -0.3 is 19.8 Å². The summed E-state index contributed by atoms with van der Waals surface area (Å²) in [5, 5.41) is 9.20. The number of rotatable bonds is 5. The summed E-state index contributed by atoms with van der Waals surface area (Å²) in [4.78, 5) is 12.5. The lowest BCUT2D eigenvalue weighted by molar-refractivity contribution is 0.194. The van der Waals surface area contributed by atoms with Gasteiger partial charge in [0.05, 0.1) is 30.9 Å². The summed E-state index contributed by atoms with van der Waals surface area (Å²) in [6.07, 6.45) is 7.69. The molecule has 8 heteroatoms. The number of hydrogen-bond acceptors (Lipinski definition) is 6. The molecule has 152 valence electrons. The Morgan fingerprint density at radius 1 is 1.23 bits per heavy atom. The van der Waals surface area contributed by atoms with E-state index in [1.54, 1.807) is 19.6 Å². The van der Waals surface area contributed by atoms with Crippen LogP contribution in [0.2, 0.25) is 0 Å².